The van der Waals surface area contributed by atoms with E-state index in [1.165, 1.54) is 36.9 Å². The van der Waals surface area contributed by atoms with E-state index in [0.717, 1.165) is 12.1 Å². The zero-order valence-corrected chi connectivity index (χ0v) is 14.9. The Hall–Kier alpha value is -2.16. The van der Waals surface area contributed by atoms with Gasteiger partial charge >= 0.3 is 6.18 Å². The normalized spacial score (nSPS) is 10.7. The molecule has 0 spiro atoms. The maximum atomic E-state index is 12.5. The van der Waals surface area contributed by atoms with Crippen molar-refractivity contribution in [3.05, 3.63) is 70.1 Å². The molecule has 26 heavy (non-hydrogen) atoms. The summed E-state index contributed by atoms with van der Waals surface area (Å²) in [6.45, 7) is 0. The molecule has 1 N–H and O–H groups in total. The molecule has 0 fully saturated rings. The van der Waals surface area contributed by atoms with Crippen LogP contribution in [-0.4, -0.2) is 19.9 Å². The van der Waals surface area contributed by atoms with Crippen LogP contribution in [0.5, 0.6) is 0 Å². The van der Waals surface area contributed by atoms with Crippen LogP contribution in [0.15, 0.2) is 49.1 Å². The summed E-state index contributed by atoms with van der Waals surface area (Å²) >= 11 is 16.5. The summed E-state index contributed by atoms with van der Waals surface area (Å²) in [5.74, 6) is 0.328. The molecule has 0 unspecified atom stereocenters. The van der Waals surface area contributed by atoms with E-state index in [9.17, 15) is 13.2 Å². The molecule has 2 aromatic heterocycles. The topological polar surface area (TPSA) is 63.6 Å². The number of alkyl halides is 3. The van der Waals surface area contributed by atoms with E-state index >= 15 is 0 Å². The molecular formula is C15H9Cl3F3N5. The lowest BCUT2D eigenvalue weighted by Crippen LogP contribution is -2.05. The Morgan fingerprint density at radius 2 is 1.35 bits per heavy atom. The highest BCUT2D eigenvalue weighted by Gasteiger charge is 2.30. The van der Waals surface area contributed by atoms with Gasteiger partial charge in [-0.2, -0.15) is 13.2 Å². The molecule has 0 bridgehead atoms. The molecule has 0 saturated heterocycles. The van der Waals surface area contributed by atoms with E-state index < -0.39 is 11.7 Å². The van der Waals surface area contributed by atoms with Gasteiger partial charge in [-0.1, -0.05) is 40.9 Å². The Morgan fingerprint density at radius 1 is 0.769 bits per heavy atom. The van der Waals surface area contributed by atoms with Crippen LogP contribution in [0.4, 0.5) is 24.7 Å². The van der Waals surface area contributed by atoms with Crippen LogP contribution in [0.2, 0.25) is 15.5 Å². The summed E-state index contributed by atoms with van der Waals surface area (Å²) in [6.07, 6.45) is -1.84. The Bertz CT molecular complexity index is 860. The van der Waals surface area contributed by atoms with Crippen molar-refractivity contribution in [1.82, 2.24) is 19.9 Å². The van der Waals surface area contributed by atoms with Gasteiger partial charge in [0.2, 0.25) is 0 Å². The van der Waals surface area contributed by atoms with Crippen LogP contribution in [-0.2, 0) is 6.18 Å². The number of rotatable bonds is 2. The fraction of sp³-hybridized carbons (Fsp3) is 0.0667. The highest BCUT2D eigenvalue weighted by molar-refractivity contribution is 6.33. The van der Waals surface area contributed by atoms with Crippen molar-refractivity contribution in [1.29, 1.82) is 0 Å². The number of halogens is 6. The van der Waals surface area contributed by atoms with Gasteiger partial charge in [0.1, 0.15) is 33.9 Å². The minimum atomic E-state index is -4.37. The fourth-order valence-corrected chi connectivity index (χ4v) is 2.13. The zero-order valence-electron chi connectivity index (χ0n) is 12.7. The maximum Gasteiger partial charge on any atom is 0.416 e. The molecule has 1 aromatic carbocycles. The van der Waals surface area contributed by atoms with Crippen LogP contribution in [0.3, 0.4) is 0 Å². The number of hydrogen-bond acceptors (Lipinski definition) is 5. The second-order valence-corrected chi connectivity index (χ2v) is 5.75. The molecule has 0 aliphatic heterocycles. The molecule has 0 radical (unpaired) electrons. The number of anilines is 2. The van der Waals surface area contributed by atoms with Gasteiger partial charge in [0.25, 0.3) is 0 Å². The van der Waals surface area contributed by atoms with E-state index in [1.54, 1.807) is 0 Å². The minimum Gasteiger partial charge on any atom is -0.340 e. The number of nitrogens with one attached hydrogen (secondary N) is 1. The van der Waals surface area contributed by atoms with Gasteiger partial charge in [-0.3, -0.25) is 0 Å². The van der Waals surface area contributed by atoms with Gasteiger partial charge in [0.05, 0.1) is 5.56 Å². The SMILES string of the molecule is Clc1cc(Cl)ncn1.FC(F)(F)c1cccc(Nc2cc(Cl)ncn2)c1. The first-order valence-corrected chi connectivity index (χ1v) is 7.92. The number of benzene rings is 1. The van der Waals surface area contributed by atoms with E-state index in [0.29, 0.717) is 16.1 Å². The monoisotopic (exact) mass is 421 g/mol. The molecule has 0 aliphatic rings. The highest BCUT2D eigenvalue weighted by Crippen LogP contribution is 2.31. The van der Waals surface area contributed by atoms with Crippen molar-refractivity contribution >= 4 is 46.3 Å². The first-order valence-electron chi connectivity index (χ1n) is 6.79. The lowest BCUT2D eigenvalue weighted by molar-refractivity contribution is -0.137. The molecule has 11 heteroatoms. The van der Waals surface area contributed by atoms with E-state index in [2.05, 4.69) is 25.3 Å². The van der Waals surface area contributed by atoms with Crippen LogP contribution in [0.1, 0.15) is 5.56 Å². The number of nitrogens with zero attached hydrogens (tertiary/aromatic N) is 4. The summed E-state index contributed by atoms with van der Waals surface area (Å²) in [4.78, 5) is 14.7. The van der Waals surface area contributed by atoms with Gasteiger partial charge < -0.3 is 5.32 Å². The van der Waals surface area contributed by atoms with Crippen molar-refractivity contribution < 1.29 is 13.2 Å². The molecule has 0 aliphatic carbocycles. The van der Waals surface area contributed by atoms with Crippen LogP contribution < -0.4 is 5.32 Å². The largest absolute Gasteiger partial charge is 0.416 e. The summed E-state index contributed by atoms with van der Waals surface area (Å²) < 4.78 is 37.5. The molecule has 5 nitrogen and oxygen atoms in total. The fourth-order valence-electron chi connectivity index (χ4n) is 1.64. The van der Waals surface area contributed by atoms with Gasteiger partial charge in [-0.05, 0) is 18.2 Å². The van der Waals surface area contributed by atoms with Crippen LogP contribution in [0, 0.1) is 0 Å². The Labute approximate surface area is 161 Å². The first-order chi connectivity index (χ1) is 12.2. The molecule has 0 saturated carbocycles. The molecule has 2 heterocycles. The summed E-state index contributed by atoms with van der Waals surface area (Å²) in [5.41, 5.74) is -0.452. The predicted molar refractivity (Wildman–Crippen MR) is 93.8 cm³/mol. The minimum absolute atomic E-state index is 0.208. The average molecular weight is 423 g/mol. The lowest BCUT2D eigenvalue weighted by Gasteiger charge is -2.10. The number of aromatic nitrogens is 4. The van der Waals surface area contributed by atoms with Gasteiger partial charge in [-0.15, -0.1) is 0 Å². The molecule has 0 atom stereocenters. The Balaban J connectivity index is 0.000000254. The van der Waals surface area contributed by atoms with Crippen molar-refractivity contribution in [2.75, 3.05) is 5.32 Å². The highest BCUT2D eigenvalue weighted by atomic mass is 35.5. The van der Waals surface area contributed by atoms with Gasteiger partial charge in [0.15, 0.2) is 0 Å². The Kier molecular flexibility index (Phi) is 6.96. The molecule has 136 valence electrons. The van der Waals surface area contributed by atoms with Crippen molar-refractivity contribution in [3.8, 4) is 0 Å². The Morgan fingerprint density at radius 3 is 1.85 bits per heavy atom. The van der Waals surface area contributed by atoms with Crippen molar-refractivity contribution in [2.24, 2.45) is 0 Å². The second-order valence-electron chi connectivity index (χ2n) is 4.59. The van der Waals surface area contributed by atoms with Crippen molar-refractivity contribution in [2.45, 2.75) is 6.18 Å². The summed E-state index contributed by atoms with van der Waals surface area (Å²) in [7, 11) is 0. The summed E-state index contributed by atoms with van der Waals surface area (Å²) in [5, 5.41) is 3.66. The predicted octanol–water partition coefficient (Wildman–Crippen LogP) is 5.68. The third-order valence-corrected chi connectivity index (χ3v) is 3.32. The molecule has 3 aromatic rings. The van der Waals surface area contributed by atoms with E-state index in [4.69, 9.17) is 34.8 Å². The zero-order chi connectivity index (χ0) is 19.2. The standard InChI is InChI=1S/C11H7ClF3N3.C4H2Cl2N2/c12-9-5-10(17-6-16-9)18-8-3-1-2-7(4-8)11(13,14)15;5-3-1-4(6)8-2-7-3/h1-6H,(H,16,17,18);1-2H. The third kappa shape index (κ3) is 6.62. The third-order valence-electron chi connectivity index (χ3n) is 2.70. The molecule has 0 amide bonds. The van der Waals surface area contributed by atoms with Gasteiger partial charge in [-0.25, -0.2) is 19.9 Å². The van der Waals surface area contributed by atoms with Crippen molar-refractivity contribution in [3.63, 3.8) is 0 Å². The molecular weight excluding hydrogens is 414 g/mol. The lowest BCUT2D eigenvalue weighted by atomic mass is 10.2. The molecule has 3 rings (SSSR count). The average Bonchev–Trinajstić information content (AvgIpc) is 2.55. The first kappa shape index (κ1) is 20.2. The number of hydrogen-bond donors (Lipinski definition) is 1. The maximum absolute atomic E-state index is 12.5. The van der Waals surface area contributed by atoms with Crippen LogP contribution >= 0.6 is 34.8 Å². The van der Waals surface area contributed by atoms with Gasteiger partial charge in [0, 0.05) is 17.8 Å². The summed E-state index contributed by atoms with van der Waals surface area (Å²) in [6, 6.07) is 7.71. The second kappa shape index (κ2) is 8.98. The quantitative estimate of drug-likeness (QED) is 0.539. The van der Waals surface area contributed by atoms with Crippen LogP contribution in [0.25, 0.3) is 0 Å². The van der Waals surface area contributed by atoms with E-state index in [1.807, 2.05) is 0 Å². The van der Waals surface area contributed by atoms with E-state index in [-0.39, 0.29) is 10.8 Å². The smallest absolute Gasteiger partial charge is 0.340 e.